The number of aryl methyl sites for hydroxylation is 3. The van der Waals surface area contributed by atoms with Crippen molar-refractivity contribution in [2.24, 2.45) is 5.92 Å². The molecule has 1 heterocycles. The highest BCUT2D eigenvalue weighted by atomic mass is 16.5. The summed E-state index contributed by atoms with van der Waals surface area (Å²) < 4.78 is 7.54. The molecule has 1 aromatic heterocycles. The van der Waals surface area contributed by atoms with Crippen LogP contribution in [0.2, 0.25) is 0 Å². The quantitative estimate of drug-likeness (QED) is 0.561. The molecule has 0 bridgehead atoms. The molecule has 2 aromatic rings. The van der Waals surface area contributed by atoms with E-state index in [1.165, 1.54) is 0 Å². The summed E-state index contributed by atoms with van der Waals surface area (Å²) in [6.07, 6.45) is 0.733. The lowest BCUT2D eigenvalue weighted by molar-refractivity contribution is -0.125. The largest absolute Gasteiger partial charge is 0.494 e. The number of carbonyl (C=O) groups excluding carboxylic acids is 1. The van der Waals surface area contributed by atoms with E-state index >= 15 is 0 Å². The van der Waals surface area contributed by atoms with Gasteiger partial charge < -0.3 is 15.8 Å². The molecule has 1 aromatic carbocycles. The van der Waals surface area contributed by atoms with Crippen molar-refractivity contribution in [1.29, 1.82) is 0 Å². The Morgan fingerprint density at radius 2 is 2.00 bits per heavy atom. The molecule has 0 aliphatic carbocycles. The number of nitrogens with zero attached hydrogens (tertiary/aromatic N) is 2. The number of nitrogens with two attached hydrogens (primary N) is 1. The summed E-state index contributed by atoms with van der Waals surface area (Å²) in [4.78, 5) is 12.6. The topological polar surface area (TPSA) is 82.2 Å². The molecule has 0 aliphatic heterocycles. The number of hydrogen-bond donors (Lipinski definition) is 2. The van der Waals surface area contributed by atoms with Gasteiger partial charge in [-0.2, -0.15) is 5.10 Å². The number of hydrogen-bond acceptors (Lipinski definition) is 4. The van der Waals surface area contributed by atoms with Crippen molar-refractivity contribution < 1.29 is 9.53 Å². The molecule has 0 saturated carbocycles. The molecule has 26 heavy (non-hydrogen) atoms. The Hall–Kier alpha value is -2.50. The highest BCUT2D eigenvalue weighted by Crippen LogP contribution is 2.20. The number of amides is 1. The third-order valence-electron chi connectivity index (χ3n) is 4.34. The van der Waals surface area contributed by atoms with Crippen molar-refractivity contribution in [1.82, 2.24) is 15.1 Å². The molecule has 0 saturated heterocycles. The fourth-order valence-electron chi connectivity index (χ4n) is 2.94. The molecular formula is C20H30N4O2. The van der Waals surface area contributed by atoms with Crippen LogP contribution in [0.3, 0.4) is 0 Å². The second kappa shape index (κ2) is 8.74. The van der Waals surface area contributed by atoms with Crippen LogP contribution in [0.4, 0.5) is 5.69 Å². The van der Waals surface area contributed by atoms with E-state index in [-0.39, 0.29) is 17.9 Å². The highest BCUT2D eigenvalue weighted by Gasteiger charge is 2.25. The van der Waals surface area contributed by atoms with E-state index in [1.54, 1.807) is 0 Å². The molecule has 0 fully saturated rings. The molecule has 2 rings (SSSR count). The number of ether oxygens (including phenoxy) is 1. The number of carbonyl (C=O) groups is 1. The predicted molar refractivity (Wildman–Crippen MR) is 104 cm³/mol. The highest BCUT2D eigenvalue weighted by molar-refractivity contribution is 5.80. The van der Waals surface area contributed by atoms with Gasteiger partial charge in [-0.15, -0.1) is 0 Å². The van der Waals surface area contributed by atoms with Crippen LogP contribution in [0, 0.1) is 26.7 Å². The molecule has 1 unspecified atom stereocenters. The molecular weight excluding hydrogens is 328 g/mol. The van der Waals surface area contributed by atoms with Crippen LogP contribution < -0.4 is 15.8 Å². The summed E-state index contributed by atoms with van der Waals surface area (Å²) in [5, 5.41) is 7.48. The molecule has 1 atom stereocenters. The van der Waals surface area contributed by atoms with Crippen molar-refractivity contribution in [3.05, 3.63) is 41.2 Å². The number of nitrogen functional groups attached to an aromatic ring is 1. The lowest BCUT2D eigenvalue weighted by Crippen LogP contribution is -2.37. The molecule has 142 valence electrons. The predicted octanol–water partition coefficient (Wildman–Crippen LogP) is 3.17. The maximum absolute atomic E-state index is 12.6. The van der Waals surface area contributed by atoms with Gasteiger partial charge in [0, 0.05) is 17.9 Å². The van der Waals surface area contributed by atoms with Gasteiger partial charge in [0.05, 0.1) is 12.3 Å². The van der Waals surface area contributed by atoms with Crippen LogP contribution in [0.5, 0.6) is 5.75 Å². The van der Waals surface area contributed by atoms with Crippen LogP contribution in [0.15, 0.2) is 24.3 Å². The Kier molecular flexibility index (Phi) is 6.66. The minimum absolute atomic E-state index is 0.00507. The van der Waals surface area contributed by atoms with E-state index in [1.807, 2.05) is 63.6 Å². The van der Waals surface area contributed by atoms with Gasteiger partial charge in [0.15, 0.2) is 0 Å². The standard InChI is InChI=1S/C20H30N4O2/c1-13(2)19(24-16(5)12-15(4)23-24)20(25)22-9-6-10-26-17-7-8-18(21)14(3)11-17/h7-8,11-13,19H,6,9-10,21H2,1-5H3,(H,22,25). The van der Waals surface area contributed by atoms with Crippen molar-refractivity contribution in [2.45, 2.75) is 47.1 Å². The van der Waals surface area contributed by atoms with Gasteiger partial charge in [0.1, 0.15) is 11.8 Å². The van der Waals surface area contributed by atoms with E-state index in [0.29, 0.717) is 13.2 Å². The normalized spacial score (nSPS) is 12.2. The minimum Gasteiger partial charge on any atom is -0.494 e. The van der Waals surface area contributed by atoms with Crippen LogP contribution in [0.1, 0.15) is 43.3 Å². The third kappa shape index (κ3) is 5.00. The number of nitrogens with one attached hydrogen (secondary N) is 1. The van der Waals surface area contributed by atoms with Gasteiger partial charge in [0.25, 0.3) is 0 Å². The van der Waals surface area contributed by atoms with E-state index < -0.39 is 0 Å². The van der Waals surface area contributed by atoms with Crippen molar-refractivity contribution in [3.8, 4) is 5.75 Å². The Labute approximate surface area is 155 Å². The van der Waals surface area contributed by atoms with Crippen molar-refractivity contribution in [3.63, 3.8) is 0 Å². The fourth-order valence-corrected chi connectivity index (χ4v) is 2.94. The van der Waals surface area contributed by atoms with Gasteiger partial charge >= 0.3 is 0 Å². The summed E-state index contributed by atoms with van der Waals surface area (Å²) in [7, 11) is 0. The molecule has 6 nitrogen and oxygen atoms in total. The van der Waals surface area contributed by atoms with E-state index in [9.17, 15) is 4.79 Å². The third-order valence-corrected chi connectivity index (χ3v) is 4.34. The van der Waals surface area contributed by atoms with Crippen LogP contribution in [0.25, 0.3) is 0 Å². The average Bonchev–Trinajstić information content (AvgIpc) is 2.88. The summed E-state index contributed by atoms with van der Waals surface area (Å²) in [5.74, 6) is 0.947. The first-order valence-corrected chi connectivity index (χ1v) is 9.09. The Bertz CT molecular complexity index is 752. The number of rotatable bonds is 8. The smallest absolute Gasteiger partial charge is 0.245 e. The fraction of sp³-hybridized carbons (Fsp3) is 0.500. The minimum atomic E-state index is -0.302. The molecule has 0 aliphatic rings. The number of anilines is 1. The zero-order valence-corrected chi connectivity index (χ0v) is 16.4. The Balaban J connectivity index is 1.83. The molecule has 3 N–H and O–H groups in total. The maximum atomic E-state index is 12.6. The van der Waals surface area contributed by atoms with Gasteiger partial charge in [-0.05, 0) is 62.9 Å². The monoisotopic (exact) mass is 358 g/mol. The second-order valence-corrected chi connectivity index (χ2v) is 7.07. The second-order valence-electron chi connectivity index (χ2n) is 7.07. The molecule has 6 heteroatoms. The van der Waals surface area contributed by atoms with Gasteiger partial charge in [-0.3, -0.25) is 9.48 Å². The first-order valence-electron chi connectivity index (χ1n) is 9.09. The van der Waals surface area contributed by atoms with Crippen molar-refractivity contribution >= 4 is 11.6 Å². The van der Waals surface area contributed by atoms with E-state index in [2.05, 4.69) is 10.4 Å². The summed E-state index contributed by atoms with van der Waals surface area (Å²) in [6.45, 7) is 11.0. The van der Waals surface area contributed by atoms with Gasteiger partial charge in [-0.1, -0.05) is 13.8 Å². The summed E-state index contributed by atoms with van der Waals surface area (Å²) >= 11 is 0. The van der Waals surface area contributed by atoms with Crippen LogP contribution >= 0.6 is 0 Å². The SMILES string of the molecule is Cc1cc(C)n(C(C(=O)NCCCOc2ccc(N)c(C)c2)C(C)C)n1. The lowest BCUT2D eigenvalue weighted by atomic mass is 10.0. The zero-order chi connectivity index (χ0) is 19.3. The van der Waals surface area contributed by atoms with E-state index in [4.69, 9.17) is 10.5 Å². The molecule has 0 radical (unpaired) electrons. The maximum Gasteiger partial charge on any atom is 0.245 e. The molecule has 1 amide bonds. The Morgan fingerprint density at radius 3 is 2.58 bits per heavy atom. The number of benzene rings is 1. The van der Waals surface area contributed by atoms with Crippen LogP contribution in [-0.2, 0) is 4.79 Å². The van der Waals surface area contributed by atoms with Crippen molar-refractivity contribution in [2.75, 3.05) is 18.9 Å². The van der Waals surface area contributed by atoms with Gasteiger partial charge in [0.2, 0.25) is 5.91 Å². The van der Waals surface area contributed by atoms with Gasteiger partial charge in [-0.25, -0.2) is 0 Å². The Morgan fingerprint density at radius 1 is 1.27 bits per heavy atom. The van der Waals surface area contributed by atoms with Crippen LogP contribution in [-0.4, -0.2) is 28.8 Å². The number of aromatic nitrogens is 2. The zero-order valence-electron chi connectivity index (χ0n) is 16.4. The lowest BCUT2D eigenvalue weighted by Gasteiger charge is -2.22. The summed E-state index contributed by atoms with van der Waals surface area (Å²) in [5.41, 5.74) is 9.48. The first-order chi connectivity index (χ1) is 12.3. The average molecular weight is 358 g/mol. The first kappa shape index (κ1) is 19.8. The molecule has 0 spiro atoms. The summed E-state index contributed by atoms with van der Waals surface area (Å²) in [6, 6.07) is 7.31. The van der Waals surface area contributed by atoms with E-state index in [0.717, 1.165) is 34.8 Å².